The largest absolute Gasteiger partial charge is 0.409 e. The molecule has 1 aromatic rings. The maximum Gasteiger partial charge on any atom is 0.287 e. The van der Waals surface area contributed by atoms with Crippen LogP contribution in [0.1, 0.15) is 11.3 Å². The number of amidine groups is 1. The van der Waals surface area contributed by atoms with Gasteiger partial charge in [0.1, 0.15) is 11.9 Å². The van der Waals surface area contributed by atoms with Crippen LogP contribution in [0.4, 0.5) is 5.69 Å². The molecule has 14 heavy (non-hydrogen) atoms. The predicted molar refractivity (Wildman–Crippen MR) is 48.1 cm³/mol. The first-order valence-electron chi connectivity index (χ1n) is 3.65. The summed E-state index contributed by atoms with van der Waals surface area (Å²) in [5.41, 5.74) is 5.88. The summed E-state index contributed by atoms with van der Waals surface area (Å²) in [6.07, 6.45) is 1.06. The Morgan fingerprint density at radius 1 is 1.79 bits per heavy atom. The molecule has 0 aromatic carbocycles. The quantitative estimate of drug-likeness (QED) is 0.233. The molecule has 0 aliphatic carbocycles. The Balaban J connectivity index is 3.20. The van der Waals surface area contributed by atoms with Gasteiger partial charge in [-0.3, -0.25) is 10.1 Å². The molecule has 0 unspecified atom stereocenters. The highest BCUT2D eigenvalue weighted by molar-refractivity contribution is 5.96. The average molecular weight is 196 g/mol. The van der Waals surface area contributed by atoms with Crippen LogP contribution in [0.2, 0.25) is 0 Å². The van der Waals surface area contributed by atoms with E-state index in [4.69, 9.17) is 10.9 Å². The molecular formula is C7H8N4O3. The van der Waals surface area contributed by atoms with Crippen molar-refractivity contribution in [2.45, 2.75) is 6.92 Å². The zero-order chi connectivity index (χ0) is 10.7. The summed E-state index contributed by atoms with van der Waals surface area (Å²) in [6, 6.07) is 1.31. The number of hydrogen-bond donors (Lipinski definition) is 2. The number of aromatic nitrogens is 1. The van der Waals surface area contributed by atoms with Crippen molar-refractivity contribution in [3.05, 3.63) is 33.6 Å². The molecule has 74 valence electrons. The second kappa shape index (κ2) is 3.69. The highest BCUT2D eigenvalue weighted by Gasteiger charge is 2.11. The first kappa shape index (κ1) is 9.90. The van der Waals surface area contributed by atoms with Gasteiger partial charge in [-0.05, 0) is 12.5 Å². The van der Waals surface area contributed by atoms with Gasteiger partial charge in [0.2, 0.25) is 0 Å². The first-order chi connectivity index (χ1) is 6.56. The van der Waals surface area contributed by atoms with Crippen LogP contribution in [0.5, 0.6) is 0 Å². The third kappa shape index (κ3) is 1.76. The molecule has 0 spiro atoms. The lowest BCUT2D eigenvalue weighted by Crippen LogP contribution is -2.16. The van der Waals surface area contributed by atoms with Gasteiger partial charge >= 0.3 is 0 Å². The third-order valence-corrected chi connectivity index (χ3v) is 1.63. The molecule has 0 radical (unpaired) electrons. The summed E-state index contributed by atoms with van der Waals surface area (Å²) in [4.78, 5) is 13.5. The fraction of sp³-hybridized carbons (Fsp3) is 0.143. The van der Waals surface area contributed by atoms with Crippen molar-refractivity contribution in [3.63, 3.8) is 0 Å². The minimum atomic E-state index is -0.559. The van der Waals surface area contributed by atoms with Gasteiger partial charge in [-0.2, -0.15) is 0 Å². The van der Waals surface area contributed by atoms with Crippen LogP contribution in [0, 0.1) is 17.0 Å². The lowest BCUT2D eigenvalue weighted by atomic mass is 10.2. The van der Waals surface area contributed by atoms with Gasteiger partial charge in [0.05, 0.1) is 4.92 Å². The highest BCUT2D eigenvalue weighted by Crippen LogP contribution is 2.13. The van der Waals surface area contributed by atoms with Crippen LogP contribution in [-0.4, -0.2) is 21.0 Å². The minimum absolute atomic E-state index is 0.128. The van der Waals surface area contributed by atoms with E-state index in [0.717, 1.165) is 6.20 Å². The van der Waals surface area contributed by atoms with Crippen LogP contribution in [0.3, 0.4) is 0 Å². The molecule has 7 heteroatoms. The molecule has 0 saturated heterocycles. The van der Waals surface area contributed by atoms with Crippen LogP contribution in [0.15, 0.2) is 17.4 Å². The summed E-state index contributed by atoms with van der Waals surface area (Å²) < 4.78 is 0. The number of pyridine rings is 1. The fourth-order valence-corrected chi connectivity index (χ4v) is 0.975. The second-order valence-corrected chi connectivity index (χ2v) is 2.60. The molecule has 0 bridgehead atoms. The maximum absolute atomic E-state index is 10.4. The van der Waals surface area contributed by atoms with Gasteiger partial charge in [0, 0.05) is 6.07 Å². The summed E-state index contributed by atoms with van der Waals surface area (Å²) in [5, 5.41) is 21.5. The van der Waals surface area contributed by atoms with Crippen molar-refractivity contribution < 1.29 is 10.1 Å². The van der Waals surface area contributed by atoms with Gasteiger partial charge < -0.3 is 10.9 Å². The first-order valence-corrected chi connectivity index (χ1v) is 3.65. The standard InChI is InChI=1S/C7H8N4O3/c1-4-2-5(11(13)14)3-9-6(4)7(8)10-12/h2-3,12H,1H3,(H2,8,10). The third-order valence-electron chi connectivity index (χ3n) is 1.63. The molecule has 0 amide bonds. The van der Waals surface area contributed by atoms with Gasteiger partial charge in [-0.1, -0.05) is 5.16 Å². The normalized spacial score (nSPS) is 11.4. The zero-order valence-corrected chi connectivity index (χ0v) is 7.34. The molecule has 1 aromatic heterocycles. The van der Waals surface area contributed by atoms with Gasteiger partial charge in [-0.15, -0.1) is 0 Å². The monoisotopic (exact) mass is 196 g/mol. The molecule has 1 rings (SSSR count). The number of oxime groups is 1. The molecule has 0 aliphatic heterocycles. The van der Waals surface area contributed by atoms with Crippen molar-refractivity contribution in [1.29, 1.82) is 0 Å². The van der Waals surface area contributed by atoms with Crippen molar-refractivity contribution in [2.24, 2.45) is 10.9 Å². The van der Waals surface area contributed by atoms with E-state index in [0.29, 0.717) is 5.56 Å². The number of hydrogen-bond acceptors (Lipinski definition) is 5. The summed E-state index contributed by atoms with van der Waals surface area (Å²) in [6.45, 7) is 1.59. The Hall–Kier alpha value is -2.18. The van der Waals surface area contributed by atoms with Crippen LogP contribution < -0.4 is 5.73 Å². The number of nitro groups is 1. The lowest BCUT2D eigenvalue weighted by molar-refractivity contribution is -0.385. The molecular weight excluding hydrogens is 188 g/mol. The SMILES string of the molecule is Cc1cc([N+](=O)[O-])cnc1/C(N)=N/O. The molecule has 0 fully saturated rings. The second-order valence-electron chi connectivity index (χ2n) is 2.60. The average Bonchev–Trinajstić information content (AvgIpc) is 2.16. The Labute approximate surface area is 79.0 Å². The fourth-order valence-electron chi connectivity index (χ4n) is 0.975. The number of aryl methyl sites for hydroxylation is 1. The molecule has 1 heterocycles. The molecule has 3 N–H and O–H groups in total. The Bertz CT molecular complexity index is 402. The van der Waals surface area contributed by atoms with E-state index in [9.17, 15) is 10.1 Å². The maximum atomic E-state index is 10.4. The van der Waals surface area contributed by atoms with Gasteiger partial charge in [-0.25, -0.2) is 4.98 Å². The summed E-state index contributed by atoms with van der Waals surface area (Å²) in [7, 11) is 0. The minimum Gasteiger partial charge on any atom is -0.409 e. The smallest absolute Gasteiger partial charge is 0.287 e. The van der Waals surface area contributed by atoms with E-state index in [2.05, 4.69) is 10.1 Å². The van der Waals surface area contributed by atoms with Crippen LogP contribution in [0.25, 0.3) is 0 Å². The van der Waals surface area contributed by atoms with E-state index < -0.39 is 4.92 Å². The molecule has 0 aliphatic rings. The highest BCUT2D eigenvalue weighted by atomic mass is 16.6. The van der Waals surface area contributed by atoms with Gasteiger partial charge in [0.25, 0.3) is 5.69 Å². The summed E-state index contributed by atoms with van der Waals surface area (Å²) >= 11 is 0. The predicted octanol–water partition coefficient (Wildman–Crippen LogP) is 0.393. The van der Waals surface area contributed by atoms with Crippen LogP contribution >= 0.6 is 0 Å². The van der Waals surface area contributed by atoms with E-state index >= 15 is 0 Å². The van der Waals surface area contributed by atoms with E-state index in [1.807, 2.05) is 0 Å². The Kier molecular flexibility index (Phi) is 2.61. The van der Waals surface area contributed by atoms with E-state index in [-0.39, 0.29) is 17.2 Å². The molecule has 0 saturated carbocycles. The van der Waals surface area contributed by atoms with Crippen LogP contribution in [-0.2, 0) is 0 Å². The summed E-state index contributed by atoms with van der Waals surface area (Å²) in [5.74, 6) is -0.169. The zero-order valence-electron chi connectivity index (χ0n) is 7.34. The molecule has 7 nitrogen and oxygen atoms in total. The Morgan fingerprint density at radius 3 is 2.86 bits per heavy atom. The topological polar surface area (TPSA) is 115 Å². The van der Waals surface area contributed by atoms with E-state index in [1.54, 1.807) is 6.92 Å². The number of rotatable bonds is 2. The van der Waals surface area contributed by atoms with Crippen molar-refractivity contribution >= 4 is 11.5 Å². The van der Waals surface area contributed by atoms with Gasteiger partial charge in [0.15, 0.2) is 5.84 Å². The van der Waals surface area contributed by atoms with Crippen molar-refractivity contribution in [1.82, 2.24) is 4.98 Å². The number of nitrogens with zero attached hydrogens (tertiary/aromatic N) is 3. The van der Waals surface area contributed by atoms with Crippen molar-refractivity contribution in [3.8, 4) is 0 Å². The lowest BCUT2D eigenvalue weighted by Gasteiger charge is -2.01. The molecule has 0 atom stereocenters. The number of nitrogens with two attached hydrogens (primary N) is 1. The van der Waals surface area contributed by atoms with Crippen molar-refractivity contribution in [2.75, 3.05) is 0 Å². The van der Waals surface area contributed by atoms with E-state index in [1.165, 1.54) is 6.07 Å². The Morgan fingerprint density at radius 2 is 2.43 bits per heavy atom.